The van der Waals surface area contributed by atoms with Crippen molar-refractivity contribution in [3.63, 3.8) is 0 Å². The van der Waals surface area contributed by atoms with E-state index in [1.54, 1.807) is 24.8 Å². The van der Waals surface area contributed by atoms with E-state index in [9.17, 15) is 0 Å². The Kier molecular flexibility index (Phi) is 3.22. The van der Waals surface area contributed by atoms with E-state index in [0.717, 1.165) is 24.5 Å². The van der Waals surface area contributed by atoms with Crippen LogP contribution in [0.15, 0.2) is 43.0 Å². The Morgan fingerprint density at radius 2 is 2.07 bits per heavy atom. The minimum absolute atomic E-state index is 0.799. The molecule has 0 aromatic carbocycles. The van der Waals surface area contributed by atoms with Crippen molar-refractivity contribution in [3.8, 4) is 0 Å². The molecule has 0 fully saturated rings. The first-order valence-corrected chi connectivity index (χ1v) is 4.85. The van der Waals surface area contributed by atoms with E-state index < -0.39 is 0 Å². The quantitative estimate of drug-likeness (QED) is 0.813. The molecule has 0 saturated carbocycles. The predicted molar refractivity (Wildman–Crippen MR) is 58.5 cm³/mol. The number of hydrogen-bond acceptors (Lipinski definition) is 4. The average molecular weight is 200 g/mol. The van der Waals surface area contributed by atoms with E-state index in [1.165, 1.54) is 0 Å². The third kappa shape index (κ3) is 3.02. The van der Waals surface area contributed by atoms with Crippen LogP contribution in [0.1, 0.15) is 5.69 Å². The van der Waals surface area contributed by atoms with Gasteiger partial charge >= 0.3 is 0 Å². The lowest BCUT2D eigenvalue weighted by Crippen LogP contribution is -2.07. The van der Waals surface area contributed by atoms with Gasteiger partial charge in [0.25, 0.3) is 0 Å². The summed E-state index contributed by atoms with van der Waals surface area (Å²) in [6.45, 7) is 0.815. The first-order chi connectivity index (χ1) is 7.45. The molecular weight excluding hydrogens is 188 g/mol. The number of rotatable bonds is 4. The van der Waals surface area contributed by atoms with Crippen molar-refractivity contribution in [2.24, 2.45) is 0 Å². The fourth-order valence-corrected chi connectivity index (χ4v) is 1.26. The lowest BCUT2D eigenvalue weighted by atomic mass is 10.3. The van der Waals surface area contributed by atoms with E-state index in [2.05, 4.69) is 20.3 Å². The molecule has 4 nitrogen and oxygen atoms in total. The lowest BCUT2D eigenvalue weighted by molar-refractivity contribution is 0.950. The van der Waals surface area contributed by atoms with Gasteiger partial charge in [0.2, 0.25) is 0 Å². The summed E-state index contributed by atoms with van der Waals surface area (Å²) in [6, 6.07) is 5.92. The highest BCUT2D eigenvalue weighted by Crippen LogP contribution is 1.99. The second kappa shape index (κ2) is 5.05. The largest absolute Gasteiger partial charge is 0.368 e. The Balaban J connectivity index is 1.81. The molecule has 0 bridgehead atoms. The van der Waals surface area contributed by atoms with Crippen LogP contribution in [0.2, 0.25) is 0 Å². The number of hydrogen-bond donors (Lipinski definition) is 1. The monoisotopic (exact) mass is 200 g/mol. The minimum Gasteiger partial charge on any atom is -0.368 e. The fourth-order valence-electron chi connectivity index (χ4n) is 1.26. The highest BCUT2D eigenvalue weighted by Gasteiger charge is 1.94. The van der Waals surface area contributed by atoms with E-state index in [1.807, 2.05) is 18.2 Å². The molecule has 0 radical (unpaired) electrons. The highest BCUT2D eigenvalue weighted by atomic mass is 15.0. The summed E-state index contributed by atoms with van der Waals surface area (Å²) in [5.41, 5.74) is 1.08. The molecule has 0 aliphatic carbocycles. The van der Waals surface area contributed by atoms with E-state index in [4.69, 9.17) is 0 Å². The van der Waals surface area contributed by atoms with E-state index in [0.29, 0.717) is 0 Å². The molecule has 15 heavy (non-hydrogen) atoms. The van der Waals surface area contributed by atoms with Crippen molar-refractivity contribution in [1.29, 1.82) is 0 Å². The number of anilines is 1. The number of pyridine rings is 1. The molecule has 0 aliphatic rings. The highest BCUT2D eigenvalue weighted by molar-refractivity contribution is 5.29. The molecule has 0 amide bonds. The topological polar surface area (TPSA) is 50.7 Å². The smallest absolute Gasteiger partial charge is 0.144 e. The van der Waals surface area contributed by atoms with Crippen molar-refractivity contribution in [2.45, 2.75) is 6.42 Å². The molecule has 0 aliphatic heterocycles. The molecule has 2 rings (SSSR count). The summed E-state index contributed by atoms with van der Waals surface area (Å²) < 4.78 is 0. The van der Waals surface area contributed by atoms with Gasteiger partial charge in [-0.25, -0.2) is 4.98 Å². The molecule has 4 heteroatoms. The molecule has 0 saturated heterocycles. The van der Waals surface area contributed by atoms with Crippen LogP contribution in [-0.2, 0) is 6.42 Å². The second-order valence-electron chi connectivity index (χ2n) is 3.09. The van der Waals surface area contributed by atoms with Gasteiger partial charge in [-0.15, -0.1) is 0 Å². The van der Waals surface area contributed by atoms with Crippen molar-refractivity contribution in [3.05, 3.63) is 48.7 Å². The third-order valence-electron chi connectivity index (χ3n) is 1.98. The lowest BCUT2D eigenvalue weighted by Gasteiger charge is -2.03. The molecule has 76 valence electrons. The Bertz CT molecular complexity index is 348. The summed E-state index contributed by atoms with van der Waals surface area (Å²) in [5.74, 6) is 0.799. The maximum atomic E-state index is 4.23. The van der Waals surface area contributed by atoms with Crippen LogP contribution in [0.4, 0.5) is 5.82 Å². The SMILES string of the molecule is c1ccc(CCNc2cnccn2)nc1. The standard InChI is InChI=1S/C11H12N4/c1-2-5-13-10(3-1)4-6-14-11-9-12-7-8-15-11/h1-3,5,7-9H,4,6H2,(H,14,15). The first kappa shape index (κ1) is 9.58. The van der Waals surface area contributed by atoms with Gasteiger partial charge < -0.3 is 5.32 Å². The fraction of sp³-hybridized carbons (Fsp3) is 0.182. The number of nitrogens with one attached hydrogen (secondary N) is 1. The summed E-state index contributed by atoms with van der Waals surface area (Å²) in [7, 11) is 0. The van der Waals surface area contributed by atoms with E-state index in [-0.39, 0.29) is 0 Å². The van der Waals surface area contributed by atoms with Crippen molar-refractivity contribution in [1.82, 2.24) is 15.0 Å². The van der Waals surface area contributed by atoms with Crippen LogP contribution in [0.25, 0.3) is 0 Å². The van der Waals surface area contributed by atoms with Gasteiger partial charge in [0, 0.05) is 37.3 Å². The van der Waals surface area contributed by atoms with Crippen LogP contribution in [0.5, 0.6) is 0 Å². The normalized spacial score (nSPS) is 9.87. The zero-order chi connectivity index (χ0) is 10.3. The van der Waals surface area contributed by atoms with Crippen LogP contribution in [0.3, 0.4) is 0 Å². The van der Waals surface area contributed by atoms with Gasteiger partial charge in [-0.05, 0) is 12.1 Å². The zero-order valence-electron chi connectivity index (χ0n) is 8.30. The van der Waals surface area contributed by atoms with Gasteiger partial charge in [-0.1, -0.05) is 6.07 Å². The second-order valence-corrected chi connectivity index (χ2v) is 3.09. The minimum atomic E-state index is 0.799. The maximum absolute atomic E-state index is 4.23. The van der Waals surface area contributed by atoms with Gasteiger partial charge in [0.1, 0.15) is 5.82 Å². The van der Waals surface area contributed by atoms with Crippen molar-refractivity contribution in [2.75, 3.05) is 11.9 Å². The molecule has 2 aromatic heterocycles. The predicted octanol–water partition coefficient (Wildman–Crippen LogP) is 1.53. The van der Waals surface area contributed by atoms with Crippen LogP contribution in [0, 0.1) is 0 Å². The summed E-state index contributed by atoms with van der Waals surface area (Å²) in [5, 5.41) is 3.18. The number of aromatic nitrogens is 3. The Morgan fingerprint density at radius 3 is 2.80 bits per heavy atom. The molecule has 2 aromatic rings. The van der Waals surface area contributed by atoms with Crippen molar-refractivity contribution < 1.29 is 0 Å². The van der Waals surface area contributed by atoms with Gasteiger partial charge in [0.15, 0.2) is 0 Å². The molecular formula is C11H12N4. The summed E-state index contributed by atoms with van der Waals surface area (Å²) >= 11 is 0. The average Bonchev–Trinajstić information content (AvgIpc) is 2.32. The summed E-state index contributed by atoms with van der Waals surface area (Å²) in [4.78, 5) is 12.3. The molecule has 0 spiro atoms. The Hall–Kier alpha value is -1.97. The maximum Gasteiger partial charge on any atom is 0.144 e. The molecule has 2 heterocycles. The van der Waals surface area contributed by atoms with Gasteiger partial charge in [-0.2, -0.15) is 0 Å². The van der Waals surface area contributed by atoms with Crippen LogP contribution < -0.4 is 5.32 Å². The van der Waals surface area contributed by atoms with Gasteiger partial charge in [0.05, 0.1) is 6.20 Å². The molecule has 1 N–H and O–H groups in total. The Labute approximate surface area is 88.4 Å². The summed E-state index contributed by atoms with van der Waals surface area (Å²) in [6.07, 6.45) is 7.72. The van der Waals surface area contributed by atoms with E-state index >= 15 is 0 Å². The third-order valence-corrected chi connectivity index (χ3v) is 1.98. The first-order valence-electron chi connectivity index (χ1n) is 4.85. The molecule has 0 atom stereocenters. The Morgan fingerprint density at radius 1 is 1.07 bits per heavy atom. The number of nitrogens with zero attached hydrogens (tertiary/aromatic N) is 3. The van der Waals surface area contributed by atoms with Crippen LogP contribution in [-0.4, -0.2) is 21.5 Å². The molecule has 0 unspecified atom stereocenters. The zero-order valence-corrected chi connectivity index (χ0v) is 8.30. The van der Waals surface area contributed by atoms with Gasteiger partial charge in [-0.3, -0.25) is 9.97 Å². The van der Waals surface area contributed by atoms with Crippen molar-refractivity contribution >= 4 is 5.82 Å². The van der Waals surface area contributed by atoms with Crippen LogP contribution >= 0.6 is 0 Å².